The van der Waals surface area contributed by atoms with Crippen LogP contribution in [0.3, 0.4) is 0 Å². The highest BCUT2D eigenvalue weighted by atomic mass is 19.2. The maximum Gasteiger partial charge on any atom is 0.340 e. The summed E-state index contributed by atoms with van der Waals surface area (Å²) >= 11 is 0. The number of anilines is 1. The quantitative estimate of drug-likeness (QED) is 0.704. The largest absolute Gasteiger partial charge is 0.465 e. The van der Waals surface area contributed by atoms with Crippen LogP contribution < -0.4 is 5.32 Å². The van der Waals surface area contributed by atoms with Gasteiger partial charge in [-0.2, -0.15) is 5.10 Å². The van der Waals surface area contributed by atoms with E-state index < -0.39 is 23.5 Å². The number of halogens is 2. The van der Waals surface area contributed by atoms with E-state index in [0.29, 0.717) is 23.4 Å². The highest BCUT2D eigenvalue weighted by Crippen LogP contribution is 2.22. The first kappa shape index (κ1) is 18.1. The first-order chi connectivity index (χ1) is 12.9. The molecular formula is C17H13F2N5O3. The van der Waals surface area contributed by atoms with Crippen molar-refractivity contribution in [3.8, 4) is 11.3 Å². The van der Waals surface area contributed by atoms with Crippen LogP contribution in [0.25, 0.3) is 11.3 Å². The molecule has 0 spiro atoms. The minimum atomic E-state index is -1.24. The second kappa shape index (κ2) is 7.28. The molecule has 1 N–H and O–H groups in total. The van der Waals surface area contributed by atoms with Crippen molar-refractivity contribution in [1.29, 1.82) is 0 Å². The molecule has 2 heterocycles. The zero-order valence-corrected chi connectivity index (χ0v) is 14.2. The minimum Gasteiger partial charge on any atom is -0.465 e. The smallest absolute Gasteiger partial charge is 0.340 e. The molecule has 3 rings (SSSR count). The van der Waals surface area contributed by atoms with Crippen molar-refractivity contribution >= 4 is 17.6 Å². The first-order valence-corrected chi connectivity index (χ1v) is 7.60. The highest BCUT2D eigenvalue weighted by molar-refractivity contribution is 6.07. The molecule has 0 aliphatic carbocycles. The second-order valence-corrected chi connectivity index (χ2v) is 5.46. The molecule has 3 aromatic rings. The first-order valence-electron chi connectivity index (χ1n) is 7.60. The average molecular weight is 373 g/mol. The number of nitrogens with zero attached hydrogens (tertiary/aromatic N) is 4. The fourth-order valence-corrected chi connectivity index (χ4v) is 2.28. The molecule has 2 aromatic heterocycles. The van der Waals surface area contributed by atoms with Crippen molar-refractivity contribution in [3.05, 3.63) is 59.6 Å². The van der Waals surface area contributed by atoms with E-state index in [2.05, 4.69) is 25.3 Å². The van der Waals surface area contributed by atoms with Crippen molar-refractivity contribution < 1.29 is 23.1 Å². The predicted molar refractivity (Wildman–Crippen MR) is 89.9 cm³/mol. The van der Waals surface area contributed by atoms with Crippen LogP contribution in [0.4, 0.5) is 14.5 Å². The Morgan fingerprint density at radius 2 is 1.89 bits per heavy atom. The Kier molecular flexibility index (Phi) is 4.88. The van der Waals surface area contributed by atoms with E-state index in [1.54, 1.807) is 30.2 Å². The number of methoxy groups -OCH3 is 1. The molecule has 27 heavy (non-hydrogen) atoms. The van der Waals surface area contributed by atoms with Crippen molar-refractivity contribution in [2.75, 3.05) is 12.4 Å². The van der Waals surface area contributed by atoms with Gasteiger partial charge in [-0.3, -0.25) is 9.48 Å². The van der Waals surface area contributed by atoms with E-state index in [1.807, 2.05) is 0 Å². The van der Waals surface area contributed by atoms with Crippen LogP contribution in [-0.2, 0) is 11.8 Å². The summed E-state index contributed by atoms with van der Waals surface area (Å²) in [4.78, 5) is 24.0. The minimum absolute atomic E-state index is 0.0804. The number of ether oxygens (including phenoxy) is 1. The Morgan fingerprint density at radius 3 is 2.48 bits per heavy atom. The second-order valence-electron chi connectivity index (χ2n) is 5.46. The lowest BCUT2D eigenvalue weighted by atomic mass is 10.1. The molecule has 0 atom stereocenters. The highest BCUT2D eigenvalue weighted by Gasteiger charge is 2.19. The van der Waals surface area contributed by atoms with Gasteiger partial charge in [-0.15, -0.1) is 10.2 Å². The summed E-state index contributed by atoms with van der Waals surface area (Å²) in [5, 5.41) is 14.1. The molecule has 8 nitrogen and oxygen atoms in total. The van der Waals surface area contributed by atoms with Gasteiger partial charge in [-0.05, 0) is 18.2 Å². The number of hydrogen-bond acceptors (Lipinski definition) is 6. The van der Waals surface area contributed by atoms with Crippen LogP contribution in [0.1, 0.15) is 20.8 Å². The van der Waals surface area contributed by atoms with Gasteiger partial charge in [-0.1, -0.05) is 0 Å². The van der Waals surface area contributed by atoms with E-state index in [-0.39, 0.29) is 16.9 Å². The van der Waals surface area contributed by atoms with Crippen LogP contribution >= 0.6 is 0 Å². The van der Waals surface area contributed by atoms with Gasteiger partial charge in [0.25, 0.3) is 5.91 Å². The number of aryl methyl sites for hydroxylation is 1. The van der Waals surface area contributed by atoms with E-state index in [4.69, 9.17) is 0 Å². The SMILES string of the molecule is COC(=O)c1cc(F)c(F)cc1NC(=O)c1ccc(-c2cnn(C)c2)nn1. The molecule has 0 unspecified atom stereocenters. The number of amides is 1. The summed E-state index contributed by atoms with van der Waals surface area (Å²) in [6.45, 7) is 0. The number of nitrogens with one attached hydrogen (secondary N) is 1. The Hall–Kier alpha value is -3.69. The Bertz CT molecular complexity index is 1020. The van der Waals surface area contributed by atoms with Gasteiger partial charge in [0.05, 0.1) is 30.3 Å². The monoisotopic (exact) mass is 373 g/mol. The van der Waals surface area contributed by atoms with Crippen molar-refractivity contribution in [2.24, 2.45) is 7.05 Å². The standard InChI is InChI=1S/C17H13F2N5O3/c1-24-8-9(7-20-24)13-3-4-14(23-22-13)16(25)21-15-6-12(19)11(18)5-10(15)17(26)27-2/h3-8H,1-2H3,(H,21,25). The molecule has 0 bridgehead atoms. The van der Waals surface area contributed by atoms with Gasteiger partial charge in [-0.25, -0.2) is 13.6 Å². The molecule has 10 heteroatoms. The third kappa shape index (κ3) is 3.78. The number of carbonyl (C=O) groups excluding carboxylic acids is 2. The lowest BCUT2D eigenvalue weighted by Gasteiger charge is -2.10. The van der Waals surface area contributed by atoms with Gasteiger partial charge in [0, 0.05) is 24.9 Å². The van der Waals surface area contributed by atoms with Crippen LogP contribution in [-0.4, -0.2) is 39.0 Å². The topological polar surface area (TPSA) is 99.0 Å². The number of hydrogen-bond donors (Lipinski definition) is 1. The molecule has 0 aliphatic rings. The number of benzene rings is 1. The van der Waals surface area contributed by atoms with Crippen molar-refractivity contribution in [1.82, 2.24) is 20.0 Å². The lowest BCUT2D eigenvalue weighted by Crippen LogP contribution is -2.17. The molecule has 0 fully saturated rings. The van der Waals surface area contributed by atoms with Gasteiger partial charge in [0.1, 0.15) is 0 Å². The normalized spacial score (nSPS) is 10.5. The van der Waals surface area contributed by atoms with Crippen LogP contribution in [0.5, 0.6) is 0 Å². The van der Waals surface area contributed by atoms with Gasteiger partial charge in [0.2, 0.25) is 0 Å². The Labute approximate surface area is 151 Å². The summed E-state index contributed by atoms with van der Waals surface area (Å²) in [6.07, 6.45) is 3.32. The third-order valence-electron chi connectivity index (χ3n) is 3.61. The van der Waals surface area contributed by atoms with Gasteiger partial charge in [0.15, 0.2) is 17.3 Å². The van der Waals surface area contributed by atoms with Gasteiger partial charge < -0.3 is 10.1 Å². The maximum absolute atomic E-state index is 13.5. The molecule has 0 saturated carbocycles. The van der Waals surface area contributed by atoms with Crippen molar-refractivity contribution in [2.45, 2.75) is 0 Å². The molecule has 138 valence electrons. The fourth-order valence-electron chi connectivity index (χ4n) is 2.28. The summed E-state index contributed by atoms with van der Waals surface area (Å²) in [7, 11) is 2.83. The Morgan fingerprint density at radius 1 is 1.15 bits per heavy atom. The molecule has 0 saturated heterocycles. The van der Waals surface area contributed by atoms with E-state index in [9.17, 15) is 18.4 Å². The number of aromatic nitrogens is 4. The molecule has 1 amide bonds. The third-order valence-corrected chi connectivity index (χ3v) is 3.61. The molecule has 0 aliphatic heterocycles. The van der Waals surface area contributed by atoms with Crippen LogP contribution in [0.2, 0.25) is 0 Å². The van der Waals surface area contributed by atoms with E-state index >= 15 is 0 Å². The van der Waals surface area contributed by atoms with Crippen LogP contribution in [0, 0.1) is 11.6 Å². The number of rotatable bonds is 4. The maximum atomic E-state index is 13.5. The fraction of sp³-hybridized carbons (Fsp3) is 0.118. The van der Waals surface area contributed by atoms with E-state index in [0.717, 1.165) is 7.11 Å². The van der Waals surface area contributed by atoms with Crippen LogP contribution in [0.15, 0.2) is 36.7 Å². The summed E-state index contributed by atoms with van der Waals surface area (Å²) in [5.74, 6) is -4.15. The average Bonchev–Trinajstić information content (AvgIpc) is 3.10. The summed E-state index contributed by atoms with van der Waals surface area (Å²) < 4.78 is 33.0. The summed E-state index contributed by atoms with van der Waals surface area (Å²) in [6, 6.07) is 4.30. The summed E-state index contributed by atoms with van der Waals surface area (Å²) in [5.41, 5.74) is 0.560. The van der Waals surface area contributed by atoms with Gasteiger partial charge >= 0.3 is 5.97 Å². The molecule has 0 radical (unpaired) electrons. The lowest BCUT2D eigenvalue weighted by molar-refractivity contribution is 0.0601. The number of carbonyl (C=O) groups is 2. The number of esters is 1. The zero-order chi connectivity index (χ0) is 19.6. The molecular weight excluding hydrogens is 360 g/mol. The van der Waals surface area contributed by atoms with E-state index in [1.165, 1.54) is 6.07 Å². The zero-order valence-electron chi connectivity index (χ0n) is 14.2. The van der Waals surface area contributed by atoms with Crippen molar-refractivity contribution in [3.63, 3.8) is 0 Å². The predicted octanol–water partition coefficient (Wildman–Crippen LogP) is 2.19. The molecule has 1 aromatic carbocycles. The Balaban J connectivity index is 1.85.